The summed E-state index contributed by atoms with van der Waals surface area (Å²) in [6.07, 6.45) is 2.24. The number of anilines is 2. The molecule has 0 spiro atoms. The van der Waals surface area contributed by atoms with E-state index in [1.54, 1.807) is 11.0 Å². The van der Waals surface area contributed by atoms with Gasteiger partial charge in [0.25, 0.3) is 0 Å². The molecule has 170 valence electrons. The van der Waals surface area contributed by atoms with Crippen LogP contribution in [0.5, 0.6) is 0 Å². The number of hydrogen-bond acceptors (Lipinski definition) is 6. The van der Waals surface area contributed by atoms with Crippen LogP contribution >= 0.6 is 0 Å². The molecule has 2 aliphatic rings. The second kappa shape index (κ2) is 8.50. The van der Waals surface area contributed by atoms with Crippen molar-refractivity contribution in [3.8, 4) is 0 Å². The van der Waals surface area contributed by atoms with Gasteiger partial charge in [0.2, 0.25) is 11.9 Å². The minimum absolute atomic E-state index is 0.0299. The Balaban J connectivity index is 1.43. The first-order valence-electron chi connectivity index (χ1n) is 11.4. The average Bonchev–Trinajstić information content (AvgIpc) is 3.09. The van der Waals surface area contributed by atoms with Gasteiger partial charge in [0.15, 0.2) is 0 Å². The summed E-state index contributed by atoms with van der Waals surface area (Å²) in [6.45, 7) is 7.84. The van der Waals surface area contributed by atoms with Crippen molar-refractivity contribution in [2.45, 2.75) is 52.5 Å². The number of carbonyl (C=O) groups excluding carboxylic acids is 1. The van der Waals surface area contributed by atoms with E-state index in [4.69, 9.17) is 9.97 Å². The molecule has 0 N–H and O–H groups in total. The van der Waals surface area contributed by atoms with Gasteiger partial charge in [-0.25, -0.2) is 24.3 Å². The van der Waals surface area contributed by atoms with E-state index in [1.165, 1.54) is 12.1 Å². The Morgan fingerprint density at radius 1 is 1.06 bits per heavy atom. The topological polar surface area (TPSA) is 75.1 Å². The van der Waals surface area contributed by atoms with Gasteiger partial charge in [-0.05, 0) is 57.4 Å². The highest BCUT2D eigenvalue weighted by molar-refractivity contribution is 6.00. The van der Waals surface area contributed by atoms with Crippen LogP contribution in [0.3, 0.4) is 0 Å². The maximum Gasteiger partial charge on any atom is 0.233 e. The normalized spacial score (nSPS) is 18.1. The summed E-state index contributed by atoms with van der Waals surface area (Å²) in [4.78, 5) is 35.6. The molecule has 1 fully saturated rings. The lowest BCUT2D eigenvalue weighted by Crippen LogP contribution is -2.36. The number of rotatable bonds is 4. The Hall–Kier alpha value is -3.42. The van der Waals surface area contributed by atoms with E-state index in [0.717, 1.165) is 65.9 Å². The Labute approximate surface area is 192 Å². The van der Waals surface area contributed by atoms with E-state index in [9.17, 15) is 9.18 Å². The molecule has 1 atom stereocenters. The molecule has 1 saturated heterocycles. The van der Waals surface area contributed by atoms with E-state index in [0.29, 0.717) is 12.4 Å². The molecule has 2 aliphatic heterocycles. The predicted molar refractivity (Wildman–Crippen MR) is 124 cm³/mol. The Morgan fingerprint density at radius 3 is 2.61 bits per heavy atom. The van der Waals surface area contributed by atoms with E-state index in [-0.39, 0.29) is 24.1 Å². The molecule has 0 aliphatic carbocycles. The number of benzene rings is 1. The van der Waals surface area contributed by atoms with Crippen LogP contribution in [-0.4, -0.2) is 38.9 Å². The molecule has 0 unspecified atom stereocenters. The van der Waals surface area contributed by atoms with Crippen LogP contribution in [0.15, 0.2) is 30.3 Å². The third-order valence-corrected chi connectivity index (χ3v) is 6.36. The Kier molecular flexibility index (Phi) is 5.52. The van der Waals surface area contributed by atoms with E-state index < -0.39 is 0 Å². The van der Waals surface area contributed by atoms with Crippen molar-refractivity contribution in [2.24, 2.45) is 0 Å². The number of piperidine rings is 1. The standard InChI is InChI=1S/C25H27FN6O/c1-15-10-16(2)28-25(27-15)31-9-5-7-19(14-31)23-29-17(3)21-12-22(33)32(24(21)30-23)13-18-6-4-8-20(26)11-18/h4,6,8,10-11,19H,5,7,9,12-14H2,1-3H3/t19-/m0/s1. The molecule has 5 rings (SSSR count). The highest BCUT2D eigenvalue weighted by Gasteiger charge is 2.33. The number of aromatic nitrogens is 4. The summed E-state index contributed by atoms with van der Waals surface area (Å²) < 4.78 is 13.7. The fourth-order valence-corrected chi connectivity index (χ4v) is 4.78. The summed E-state index contributed by atoms with van der Waals surface area (Å²) in [5.74, 6) is 1.94. The van der Waals surface area contributed by atoms with Crippen molar-refractivity contribution >= 4 is 17.7 Å². The van der Waals surface area contributed by atoms with Crippen LogP contribution in [0.2, 0.25) is 0 Å². The van der Waals surface area contributed by atoms with Gasteiger partial charge in [-0.15, -0.1) is 0 Å². The van der Waals surface area contributed by atoms with Gasteiger partial charge in [0, 0.05) is 41.7 Å². The fourth-order valence-electron chi connectivity index (χ4n) is 4.78. The summed E-state index contributed by atoms with van der Waals surface area (Å²) in [7, 11) is 0. The molecular weight excluding hydrogens is 419 g/mol. The second-order valence-corrected chi connectivity index (χ2v) is 8.99. The summed E-state index contributed by atoms with van der Waals surface area (Å²) in [5.41, 5.74) is 4.35. The predicted octanol–water partition coefficient (Wildman–Crippen LogP) is 3.80. The number of fused-ring (bicyclic) bond motifs is 1. The van der Waals surface area contributed by atoms with Crippen molar-refractivity contribution in [1.29, 1.82) is 0 Å². The first-order valence-corrected chi connectivity index (χ1v) is 11.4. The largest absolute Gasteiger partial charge is 0.340 e. The van der Waals surface area contributed by atoms with Crippen molar-refractivity contribution in [1.82, 2.24) is 19.9 Å². The zero-order valence-electron chi connectivity index (χ0n) is 19.2. The lowest BCUT2D eigenvalue weighted by atomic mass is 9.97. The summed E-state index contributed by atoms with van der Waals surface area (Å²) in [6, 6.07) is 8.33. The molecule has 4 heterocycles. The lowest BCUT2D eigenvalue weighted by molar-refractivity contribution is -0.117. The summed E-state index contributed by atoms with van der Waals surface area (Å²) in [5, 5.41) is 0. The molecule has 0 radical (unpaired) electrons. The highest BCUT2D eigenvalue weighted by atomic mass is 19.1. The zero-order valence-corrected chi connectivity index (χ0v) is 19.2. The molecule has 0 bridgehead atoms. The number of nitrogens with zero attached hydrogens (tertiary/aromatic N) is 6. The molecule has 2 aromatic heterocycles. The van der Waals surface area contributed by atoms with Gasteiger partial charge in [-0.1, -0.05) is 12.1 Å². The Bertz CT molecular complexity index is 1210. The minimum atomic E-state index is -0.310. The first-order chi connectivity index (χ1) is 15.9. The van der Waals surface area contributed by atoms with Crippen LogP contribution in [0.25, 0.3) is 0 Å². The van der Waals surface area contributed by atoms with Crippen LogP contribution in [-0.2, 0) is 17.8 Å². The maximum atomic E-state index is 13.7. The van der Waals surface area contributed by atoms with Crippen LogP contribution < -0.4 is 9.80 Å². The number of carbonyl (C=O) groups is 1. The van der Waals surface area contributed by atoms with Crippen LogP contribution in [0.4, 0.5) is 16.2 Å². The van der Waals surface area contributed by atoms with Crippen molar-refractivity contribution in [3.05, 3.63) is 70.2 Å². The Morgan fingerprint density at radius 2 is 1.85 bits per heavy atom. The second-order valence-electron chi connectivity index (χ2n) is 8.99. The summed E-state index contributed by atoms with van der Waals surface area (Å²) >= 11 is 0. The smallest absolute Gasteiger partial charge is 0.233 e. The lowest BCUT2D eigenvalue weighted by Gasteiger charge is -2.32. The van der Waals surface area contributed by atoms with Crippen LogP contribution in [0.1, 0.15) is 52.8 Å². The monoisotopic (exact) mass is 446 g/mol. The maximum absolute atomic E-state index is 13.7. The van der Waals surface area contributed by atoms with Gasteiger partial charge in [-0.3, -0.25) is 9.69 Å². The van der Waals surface area contributed by atoms with Gasteiger partial charge >= 0.3 is 0 Å². The van der Waals surface area contributed by atoms with Crippen LogP contribution in [0, 0.1) is 26.6 Å². The highest BCUT2D eigenvalue weighted by Crippen LogP contribution is 2.34. The van der Waals surface area contributed by atoms with E-state index >= 15 is 0 Å². The van der Waals surface area contributed by atoms with Gasteiger partial charge < -0.3 is 4.90 Å². The number of halogens is 1. The van der Waals surface area contributed by atoms with Gasteiger partial charge in [-0.2, -0.15) is 0 Å². The first kappa shape index (κ1) is 21.4. The molecule has 3 aromatic rings. The van der Waals surface area contributed by atoms with Gasteiger partial charge in [0.1, 0.15) is 17.5 Å². The van der Waals surface area contributed by atoms with E-state index in [2.05, 4.69) is 14.9 Å². The molecule has 8 heteroatoms. The molecular formula is C25H27FN6O. The SMILES string of the molecule is Cc1cc(C)nc(N2CCC[C@H](c3nc(C)c4c(n3)N(Cc3cccc(F)c3)C(=O)C4)C2)n1. The molecule has 1 aromatic carbocycles. The van der Waals surface area contributed by atoms with Crippen molar-refractivity contribution in [2.75, 3.05) is 22.9 Å². The average molecular weight is 447 g/mol. The molecule has 1 amide bonds. The quantitative estimate of drug-likeness (QED) is 0.607. The van der Waals surface area contributed by atoms with Crippen molar-refractivity contribution in [3.63, 3.8) is 0 Å². The van der Waals surface area contributed by atoms with Gasteiger partial charge in [0.05, 0.1) is 13.0 Å². The molecule has 0 saturated carbocycles. The number of aryl methyl sites for hydroxylation is 3. The zero-order chi connectivity index (χ0) is 23.1. The molecule has 33 heavy (non-hydrogen) atoms. The third-order valence-electron chi connectivity index (χ3n) is 6.36. The third kappa shape index (κ3) is 4.29. The van der Waals surface area contributed by atoms with Crippen molar-refractivity contribution < 1.29 is 9.18 Å². The fraction of sp³-hybridized carbons (Fsp3) is 0.400. The molecule has 7 nitrogen and oxygen atoms in total. The minimum Gasteiger partial charge on any atom is -0.340 e. The number of hydrogen-bond donors (Lipinski definition) is 0. The number of amides is 1. The van der Waals surface area contributed by atoms with E-state index in [1.807, 2.05) is 32.9 Å².